The Morgan fingerprint density at radius 2 is 2.27 bits per heavy atom. The van der Waals surface area contributed by atoms with Crippen molar-refractivity contribution in [3.05, 3.63) is 35.4 Å². The Morgan fingerprint density at radius 3 is 2.93 bits per heavy atom. The van der Waals surface area contributed by atoms with Crippen molar-refractivity contribution < 1.29 is 8.78 Å². The van der Waals surface area contributed by atoms with Crippen molar-refractivity contribution in [2.45, 2.75) is 24.8 Å². The molecule has 1 aliphatic rings. The summed E-state index contributed by atoms with van der Waals surface area (Å²) < 4.78 is 26.5. The number of hydrogen-bond acceptors (Lipinski definition) is 2. The summed E-state index contributed by atoms with van der Waals surface area (Å²) in [5.74, 6) is -0.536. The van der Waals surface area contributed by atoms with Crippen LogP contribution >= 0.6 is 11.8 Å². The highest BCUT2D eigenvalue weighted by atomic mass is 32.2. The van der Waals surface area contributed by atoms with Gasteiger partial charge in [0.25, 0.3) is 0 Å². The van der Waals surface area contributed by atoms with Crippen LogP contribution in [0.2, 0.25) is 0 Å². The third kappa shape index (κ3) is 2.16. The van der Waals surface area contributed by atoms with Crippen molar-refractivity contribution in [2.24, 2.45) is 0 Å². The molecule has 0 spiro atoms. The Balaban J connectivity index is 2.20. The number of benzene rings is 1. The fraction of sp³-hybridized carbons (Fsp3) is 0.455. The topological polar surface area (TPSA) is 12.0 Å². The first kappa shape index (κ1) is 10.9. The van der Waals surface area contributed by atoms with Crippen LogP contribution in [0.1, 0.15) is 24.3 Å². The van der Waals surface area contributed by atoms with Gasteiger partial charge in [-0.3, -0.25) is 5.32 Å². The Bertz CT molecular complexity index is 356. The number of halogens is 2. The van der Waals surface area contributed by atoms with Crippen molar-refractivity contribution in [3.63, 3.8) is 0 Å². The van der Waals surface area contributed by atoms with E-state index in [4.69, 9.17) is 0 Å². The molecule has 0 bridgehead atoms. The molecular formula is C11H13F2NS. The Morgan fingerprint density at radius 1 is 1.47 bits per heavy atom. The van der Waals surface area contributed by atoms with E-state index in [9.17, 15) is 8.78 Å². The number of rotatable bonds is 2. The molecule has 1 saturated heterocycles. The van der Waals surface area contributed by atoms with Gasteiger partial charge in [-0.05, 0) is 12.5 Å². The van der Waals surface area contributed by atoms with Crippen LogP contribution in [0.3, 0.4) is 0 Å². The third-order valence-corrected chi connectivity index (χ3v) is 3.93. The van der Waals surface area contributed by atoms with Gasteiger partial charge in [0.2, 0.25) is 0 Å². The zero-order valence-electron chi connectivity index (χ0n) is 8.47. The molecule has 1 aromatic rings. The van der Waals surface area contributed by atoms with Gasteiger partial charge in [0.1, 0.15) is 0 Å². The minimum absolute atomic E-state index is 0.106. The van der Waals surface area contributed by atoms with Crippen LogP contribution < -0.4 is 5.32 Å². The molecule has 4 heteroatoms. The highest BCUT2D eigenvalue weighted by molar-refractivity contribution is 7.99. The van der Waals surface area contributed by atoms with E-state index in [2.05, 4.69) is 12.2 Å². The monoisotopic (exact) mass is 229 g/mol. The summed E-state index contributed by atoms with van der Waals surface area (Å²) in [6, 6.07) is 4.74. The second-order valence-electron chi connectivity index (χ2n) is 3.63. The summed E-state index contributed by atoms with van der Waals surface area (Å²) in [7, 11) is 0. The second kappa shape index (κ2) is 4.49. The Hall–Kier alpha value is -0.610. The molecule has 1 aromatic carbocycles. The molecule has 0 radical (unpaired) electrons. The Kier molecular flexibility index (Phi) is 3.26. The summed E-state index contributed by atoms with van der Waals surface area (Å²) in [5.41, 5.74) is 0.427. The quantitative estimate of drug-likeness (QED) is 0.836. The lowest BCUT2D eigenvalue weighted by atomic mass is 10.2. The number of hydrogen-bond donors (Lipinski definition) is 1. The van der Waals surface area contributed by atoms with Gasteiger partial charge in [0.15, 0.2) is 11.6 Å². The molecule has 2 atom stereocenters. The molecule has 2 rings (SSSR count). The highest BCUT2D eigenvalue weighted by Gasteiger charge is 2.27. The molecule has 82 valence electrons. The lowest BCUT2D eigenvalue weighted by Gasteiger charge is -2.13. The van der Waals surface area contributed by atoms with Crippen molar-refractivity contribution in [2.75, 3.05) is 5.75 Å². The van der Waals surface area contributed by atoms with E-state index >= 15 is 0 Å². The normalized spacial score (nSPS) is 25.8. The van der Waals surface area contributed by atoms with Gasteiger partial charge < -0.3 is 0 Å². The molecule has 1 N–H and O–H groups in total. The predicted octanol–water partition coefficient (Wildman–Crippen LogP) is 3.08. The van der Waals surface area contributed by atoms with Gasteiger partial charge in [-0.1, -0.05) is 19.1 Å². The second-order valence-corrected chi connectivity index (χ2v) is 4.77. The summed E-state index contributed by atoms with van der Waals surface area (Å²) >= 11 is 1.63. The lowest BCUT2D eigenvalue weighted by Crippen LogP contribution is -2.25. The minimum Gasteiger partial charge on any atom is -0.298 e. The average molecular weight is 229 g/mol. The molecule has 0 aromatic heterocycles. The molecule has 15 heavy (non-hydrogen) atoms. The van der Waals surface area contributed by atoms with Crippen molar-refractivity contribution in [3.8, 4) is 0 Å². The number of nitrogens with one attached hydrogen (secondary N) is 1. The van der Waals surface area contributed by atoms with Gasteiger partial charge >= 0.3 is 0 Å². The van der Waals surface area contributed by atoms with Gasteiger partial charge in [0.05, 0.1) is 5.37 Å². The molecule has 0 amide bonds. The van der Waals surface area contributed by atoms with Gasteiger partial charge in [-0.15, -0.1) is 11.8 Å². The zero-order chi connectivity index (χ0) is 10.8. The van der Waals surface area contributed by atoms with Crippen LogP contribution in [0.25, 0.3) is 0 Å². The largest absolute Gasteiger partial charge is 0.298 e. The van der Waals surface area contributed by atoms with Gasteiger partial charge in [-0.2, -0.15) is 0 Å². The van der Waals surface area contributed by atoms with Crippen LogP contribution in [0.15, 0.2) is 18.2 Å². The summed E-state index contributed by atoms with van der Waals surface area (Å²) in [6.45, 7) is 2.09. The van der Waals surface area contributed by atoms with Crippen molar-refractivity contribution >= 4 is 11.8 Å². The fourth-order valence-electron chi connectivity index (χ4n) is 1.66. The third-order valence-electron chi connectivity index (χ3n) is 2.61. The van der Waals surface area contributed by atoms with Crippen LogP contribution in [0.5, 0.6) is 0 Å². The minimum atomic E-state index is -0.769. The SMILES string of the molecule is CCC1CSC(c2cccc(F)c2F)N1. The molecular weight excluding hydrogens is 216 g/mol. The van der Waals surface area contributed by atoms with E-state index < -0.39 is 11.6 Å². The number of thioether (sulfide) groups is 1. The van der Waals surface area contributed by atoms with Gasteiger partial charge in [0, 0.05) is 17.4 Å². The molecule has 0 saturated carbocycles. The summed E-state index contributed by atoms with van der Waals surface area (Å²) in [4.78, 5) is 0. The van der Waals surface area contributed by atoms with E-state index in [1.54, 1.807) is 23.9 Å². The van der Waals surface area contributed by atoms with Crippen molar-refractivity contribution in [1.82, 2.24) is 5.32 Å². The lowest BCUT2D eigenvalue weighted by molar-refractivity contribution is 0.484. The first-order valence-corrected chi connectivity index (χ1v) is 6.08. The van der Waals surface area contributed by atoms with E-state index in [0.717, 1.165) is 18.2 Å². The zero-order valence-corrected chi connectivity index (χ0v) is 9.28. The average Bonchev–Trinajstić information content (AvgIpc) is 2.70. The van der Waals surface area contributed by atoms with E-state index in [1.165, 1.54) is 0 Å². The molecule has 1 fully saturated rings. The summed E-state index contributed by atoms with van der Waals surface area (Å²) in [6.07, 6.45) is 1.01. The predicted molar refractivity (Wildman–Crippen MR) is 58.8 cm³/mol. The van der Waals surface area contributed by atoms with Crippen LogP contribution in [0.4, 0.5) is 8.78 Å². The molecule has 1 heterocycles. The maximum absolute atomic E-state index is 13.5. The summed E-state index contributed by atoms with van der Waals surface area (Å²) in [5, 5.41) is 3.18. The smallest absolute Gasteiger partial charge is 0.164 e. The van der Waals surface area contributed by atoms with Crippen molar-refractivity contribution in [1.29, 1.82) is 0 Å². The Labute approximate surface area is 92.3 Å². The van der Waals surface area contributed by atoms with Crippen LogP contribution in [-0.2, 0) is 0 Å². The maximum atomic E-state index is 13.5. The first-order chi connectivity index (χ1) is 7.22. The highest BCUT2D eigenvalue weighted by Crippen LogP contribution is 2.35. The molecule has 0 aliphatic carbocycles. The van der Waals surface area contributed by atoms with E-state index in [1.807, 2.05) is 0 Å². The standard InChI is InChI=1S/C11H13F2NS/c1-2-7-6-15-11(14-7)8-4-3-5-9(12)10(8)13/h3-5,7,11,14H,2,6H2,1H3. The molecule has 1 aliphatic heterocycles. The molecule has 1 nitrogen and oxygen atoms in total. The van der Waals surface area contributed by atoms with E-state index in [-0.39, 0.29) is 5.37 Å². The van der Waals surface area contributed by atoms with Crippen LogP contribution in [-0.4, -0.2) is 11.8 Å². The van der Waals surface area contributed by atoms with Gasteiger partial charge in [-0.25, -0.2) is 8.78 Å². The molecule has 2 unspecified atom stereocenters. The fourth-order valence-corrected chi connectivity index (χ4v) is 3.07. The first-order valence-electron chi connectivity index (χ1n) is 5.04. The van der Waals surface area contributed by atoms with Crippen LogP contribution in [0, 0.1) is 11.6 Å². The van der Waals surface area contributed by atoms with E-state index in [0.29, 0.717) is 11.6 Å². The maximum Gasteiger partial charge on any atom is 0.164 e.